The highest BCUT2D eigenvalue weighted by Gasteiger charge is 2.36. The number of nitrogens with one attached hydrogen (secondary N) is 1. The van der Waals surface area contributed by atoms with Gasteiger partial charge in [-0.2, -0.15) is 18.2 Å². The maximum atomic E-state index is 13.2. The summed E-state index contributed by atoms with van der Waals surface area (Å²) in [6, 6.07) is 15.5. The summed E-state index contributed by atoms with van der Waals surface area (Å²) in [5.41, 5.74) is -0.349. The minimum absolute atomic E-state index is 0.0167. The average Bonchev–Trinajstić information content (AvgIpc) is 2.57. The molecule has 0 atom stereocenters. The van der Waals surface area contributed by atoms with E-state index in [1.165, 1.54) is 0 Å². The maximum absolute atomic E-state index is 13.2. The number of para-hydroxylation sites is 2. The summed E-state index contributed by atoms with van der Waals surface area (Å²) in [7, 11) is 0. The average molecular weight is 457 g/mol. The Kier molecular flexibility index (Phi) is 5.07. The molecule has 0 fully saturated rings. The van der Waals surface area contributed by atoms with Crippen molar-refractivity contribution in [2.75, 3.05) is 5.32 Å². The van der Waals surface area contributed by atoms with Gasteiger partial charge in [-0.25, -0.2) is 4.98 Å². The van der Waals surface area contributed by atoms with Crippen LogP contribution in [0.25, 0.3) is 0 Å². The lowest BCUT2D eigenvalue weighted by Gasteiger charge is -2.14. The SMILES string of the molecule is FC(F)(F)c1cnc(Nc2ccccc2I)nc1Oc1ccccc1. The molecule has 0 spiro atoms. The van der Waals surface area contributed by atoms with Gasteiger partial charge in [-0.3, -0.25) is 0 Å². The van der Waals surface area contributed by atoms with Crippen molar-refractivity contribution in [3.05, 3.63) is 69.9 Å². The van der Waals surface area contributed by atoms with Gasteiger partial charge in [-0.15, -0.1) is 0 Å². The van der Waals surface area contributed by atoms with Crippen LogP contribution in [-0.4, -0.2) is 9.97 Å². The quantitative estimate of drug-likeness (QED) is 0.516. The number of aromatic nitrogens is 2. The van der Waals surface area contributed by atoms with E-state index >= 15 is 0 Å². The third-order valence-corrected chi connectivity index (χ3v) is 4.08. The standard InChI is InChI=1S/C17H11F3IN3O/c18-17(19,20)12-10-22-16(23-14-9-5-4-8-13(14)21)24-15(12)25-11-6-2-1-3-7-11/h1-10H,(H,22,23,24). The highest BCUT2D eigenvalue weighted by atomic mass is 127. The summed E-state index contributed by atoms with van der Waals surface area (Å²) in [6.45, 7) is 0. The fraction of sp³-hybridized carbons (Fsp3) is 0.0588. The molecule has 25 heavy (non-hydrogen) atoms. The van der Waals surface area contributed by atoms with Gasteiger partial charge < -0.3 is 10.1 Å². The molecule has 3 aromatic rings. The Bertz CT molecular complexity index is 873. The number of halogens is 4. The predicted octanol–water partition coefficient (Wildman–Crippen LogP) is 5.64. The largest absolute Gasteiger partial charge is 0.438 e. The van der Waals surface area contributed by atoms with Crippen LogP contribution in [0.4, 0.5) is 24.8 Å². The maximum Gasteiger partial charge on any atom is 0.423 e. The molecule has 0 radical (unpaired) electrons. The second-order valence-corrected chi connectivity index (χ2v) is 6.09. The van der Waals surface area contributed by atoms with Crippen molar-refractivity contribution in [1.29, 1.82) is 0 Å². The highest BCUT2D eigenvalue weighted by molar-refractivity contribution is 14.1. The van der Waals surface area contributed by atoms with Crippen LogP contribution in [0.5, 0.6) is 11.6 Å². The van der Waals surface area contributed by atoms with Gasteiger partial charge in [-0.05, 0) is 46.9 Å². The van der Waals surface area contributed by atoms with Crippen LogP contribution in [0.15, 0.2) is 60.8 Å². The number of nitrogens with zero attached hydrogens (tertiary/aromatic N) is 2. The first kappa shape index (κ1) is 17.5. The zero-order valence-corrected chi connectivity index (χ0v) is 14.7. The second kappa shape index (κ2) is 7.26. The Morgan fingerprint density at radius 1 is 0.960 bits per heavy atom. The first-order valence-corrected chi connectivity index (χ1v) is 8.20. The van der Waals surface area contributed by atoms with Gasteiger partial charge in [0.1, 0.15) is 11.3 Å². The summed E-state index contributed by atoms with van der Waals surface area (Å²) in [5, 5.41) is 2.90. The number of benzene rings is 2. The van der Waals surface area contributed by atoms with Gasteiger partial charge in [0.15, 0.2) is 0 Å². The highest BCUT2D eigenvalue weighted by Crippen LogP contribution is 2.37. The lowest BCUT2D eigenvalue weighted by molar-refractivity contribution is -0.139. The minimum Gasteiger partial charge on any atom is -0.438 e. The molecule has 4 nitrogen and oxygen atoms in total. The molecule has 1 heterocycles. The van der Waals surface area contributed by atoms with Crippen molar-refractivity contribution in [2.24, 2.45) is 0 Å². The molecule has 0 aliphatic heterocycles. The monoisotopic (exact) mass is 457 g/mol. The molecule has 0 saturated carbocycles. The Hall–Kier alpha value is -2.36. The van der Waals surface area contributed by atoms with Crippen molar-refractivity contribution in [3.63, 3.8) is 0 Å². The summed E-state index contributed by atoms with van der Waals surface area (Å²) >= 11 is 2.10. The zero-order chi connectivity index (χ0) is 17.9. The number of hydrogen-bond donors (Lipinski definition) is 1. The van der Waals surface area contributed by atoms with Gasteiger partial charge in [0.2, 0.25) is 11.8 Å². The van der Waals surface area contributed by atoms with E-state index in [-0.39, 0.29) is 11.7 Å². The summed E-state index contributed by atoms with van der Waals surface area (Å²) < 4.78 is 45.8. The number of alkyl halides is 3. The van der Waals surface area contributed by atoms with Crippen LogP contribution < -0.4 is 10.1 Å². The van der Waals surface area contributed by atoms with E-state index in [0.29, 0.717) is 11.9 Å². The van der Waals surface area contributed by atoms with Crippen molar-refractivity contribution in [2.45, 2.75) is 6.18 Å². The third-order valence-electron chi connectivity index (χ3n) is 3.14. The molecule has 0 aliphatic rings. The smallest absolute Gasteiger partial charge is 0.423 e. The number of hydrogen-bond acceptors (Lipinski definition) is 4. The Morgan fingerprint density at radius 3 is 2.32 bits per heavy atom. The van der Waals surface area contributed by atoms with Crippen molar-refractivity contribution < 1.29 is 17.9 Å². The molecular weight excluding hydrogens is 446 g/mol. The number of ether oxygens (including phenoxy) is 1. The van der Waals surface area contributed by atoms with E-state index in [1.54, 1.807) is 42.5 Å². The Morgan fingerprint density at radius 2 is 1.64 bits per heavy atom. The van der Waals surface area contributed by atoms with Crippen LogP contribution >= 0.6 is 22.6 Å². The van der Waals surface area contributed by atoms with E-state index < -0.39 is 17.6 Å². The molecule has 128 valence electrons. The fourth-order valence-corrected chi connectivity index (χ4v) is 2.50. The van der Waals surface area contributed by atoms with Crippen LogP contribution in [0.2, 0.25) is 0 Å². The van der Waals surface area contributed by atoms with Crippen molar-refractivity contribution in [1.82, 2.24) is 9.97 Å². The fourth-order valence-electron chi connectivity index (χ4n) is 1.98. The summed E-state index contributed by atoms with van der Waals surface area (Å²) in [6.07, 6.45) is -3.91. The first-order valence-electron chi connectivity index (χ1n) is 7.12. The second-order valence-electron chi connectivity index (χ2n) is 4.93. The summed E-state index contributed by atoms with van der Waals surface area (Å²) in [4.78, 5) is 7.66. The van der Waals surface area contributed by atoms with Crippen molar-refractivity contribution in [3.8, 4) is 11.6 Å². The van der Waals surface area contributed by atoms with E-state index in [9.17, 15) is 13.2 Å². The molecule has 0 amide bonds. The molecule has 0 unspecified atom stereocenters. The zero-order valence-electron chi connectivity index (χ0n) is 12.6. The molecule has 0 saturated heterocycles. The van der Waals surface area contributed by atoms with Crippen LogP contribution in [0, 0.1) is 3.57 Å². The lowest BCUT2D eigenvalue weighted by atomic mass is 10.3. The molecule has 1 aromatic heterocycles. The molecule has 1 N–H and O–H groups in total. The van der Waals surface area contributed by atoms with E-state index in [4.69, 9.17) is 4.74 Å². The van der Waals surface area contributed by atoms with E-state index in [2.05, 4.69) is 37.9 Å². The van der Waals surface area contributed by atoms with Gasteiger partial charge in [0.25, 0.3) is 0 Å². The van der Waals surface area contributed by atoms with E-state index in [1.807, 2.05) is 12.1 Å². The third kappa shape index (κ3) is 4.38. The van der Waals surface area contributed by atoms with Gasteiger partial charge in [-0.1, -0.05) is 30.3 Å². The first-order chi connectivity index (χ1) is 11.9. The van der Waals surface area contributed by atoms with Crippen LogP contribution in [0.3, 0.4) is 0 Å². The van der Waals surface area contributed by atoms with E-state index in [0.717, 1.165) is 3.57 Å². The number of rotatable bonds is 4. The molecule has 3 rings (SSSR count). The van der Waals surface area contributed by atoms with Gasteiger partial charge >= 0.3 is 6.18 Å². The summed E-state index contributed by atoms with van der Waals surface area (Å²) in [5.74, 6) is -0.280. The molecular formula is C17H11F3IN3O. The van der Waals surface area contributed by atoms with Crippen LogP contribution in [0.1, 0.15) is 5.56 Å². The van der Waals surface area contributed by atoms with Gasteiger partial charge in [0, 0.05) is 9.77 Å². The predicted molar refractivity (Wildman–Crippen MR) is 96.0 cm³/mol. The molecule has 2 aromatic carbocycles. The van der Waals surface area contributed by atoms with Crippen molar-refractivity contribution >= 4 is 34.2 Å². The van der Waals surface area contributed by atoms with Gasteiger partial charge in [0.05, 0.1) is 5.69 Å². The Labute approximate surface area is 155 Å². The molecule has 0 bridgehead atoms. The topological polar surface area (TPSA) is 47.0 Å². The van der Waals surface area contributed by atoms with Crippen LogP contribution in [-0.2, 0) is 6.18 Å². The minimum atomic E-state index is -4.62. The molecule has 8 heteroatoms. The molecule has 0 aliphatic carbocycles. The number of anilines is 2. The Balaban J connectivity index is 1.96. The lowest BCUT2D eigenvalue weighted by Crippen LogP contribution is -2.11. The normalized spacial score (nSPS) is 11.2.